The standard InChI is InChI=1S/C20H12NO.C13H24O2.Ir/c1-12-8-15-6-7-21-20-16-10-13-4-2-3-5-14(13)11-17(16)22-18(9-12)19(15)20;1-5-10(6-2)12(14)9-13(15)11(7-3)8-4;/h2-9,11H,1H3;9-11,14H,5-8H2,1-4H3;/q-1;;/b;12-9-;. The van der Waals surface area contributed by atoms with E-state index in [9.17, 15) is 9.90 Å². The molecule has 2 heterocycles. The number of ketones is 1. The van der Waals surface area contributed by atoms with Crippen molar-refractivity contribution in [2.75, 3.05) is 0 Å². The van der Waals surface area contributed by atoms with Crippen LogP contribution in [0.1, 0.15) is 58.9 Å². The van der Waals surface area contributed by atoms with Gasteiger partial charge in [-0.25, -0.2) is 0 Å². The number of carbonyl (C=O) groups is 1. The molecular weight excluding hydrogens is 651 g/mol. The molecule has 0 amide bonds. The maximum absolute atomic E-state index is 11.7. The van der Waals surface area contributed by atoms with Crippen LogP contribution in [-0.2, 0) is 24.9 Å². The van der Waals surface area contributed by atoms with Crippen LogP contribution in [0.15, 0.2) is 66.6 Å². The second-order valence-corrected chi connectivity index (χ2v) is 9.72. The predicted octanol–water partition coefficient (Wildman–Crippen LogP) is 9.14. The number of fused-ring (bicyclic) bond motifs is 3. The molecule has 3 aromatic carbocycles. The summed E-state index contributed by atoms with van der Waals surface area (Å²) in [7, 11) is 0. The largest absolute Gasteiger partial charge is 0.512 e. The molecular formula is C33H36IrNO3-. The number of aryl methyl sites for hydroxylation is 1. The molecule has 0 fully saturated rings. The minimum atomic E-state index is 0. The van der Waals surface area contributed by atoms with Crippen LogP contribution in [0.5, 0.6) is 11.5 Å². The summed E-state index contributed by atoms with van der Waals surface area (Å²) in [5.41, 5.74) is 3.09. The van der Waals surface area contributed by atoms with Crippen molar-refractivity contribution < 1.29 is 34.7 Å². The third kappa shape index (κ3) is 6.17. The Balaban J connectivity index is 0.000000223. The molecule has 38 heavy (non-hydrogen) atoms. The molecule has 0 unspecified atom stereocenters. The molecule has 4 aromatic rings. The van der Waals surface area contributed by atoms with Crippen LogP contribution in [0.25, 0.3) is 32.8 Å². The van der Waals surface area contributed by atoms with Gasteiger partial charge in [-0.15, -0.1) is 17.5 Å². The van der Waals surface area contributed by atoms with Gasteiger partial charge in [-0.05, 0) is 55.7 Å². The fraction of sp³-hybridized carbons (Fsp3) is 0.333. The molecule has 1 N–H and O–H groups in total. The molecule has 4 nitrogen and oxygen atoms in total. The van der Waals surface area contributed by atoms with Gasteiger partial charge in [-0.2, -0.15) is 0 Å². The number of hydrogen-bond donors (Lipinski definition) is 1. The maximum Gasteiger partial charge on any atom is 0.162 e. The van der Waals surface area contributed by atoms with Crippen LogP contribution in [-0.4, -0.2) is 15.9 Å². The minimum absolute atomic E-state index is 0. The Morgan fingerprint density at radius 1 is 0.947 bits per heavy atom. The van der Waals surface area contributed by atoms with Gasteiger partial charge in [0.15, 0.2) is 5.78 Å². The number of ether oxygens (including phenoxy) is 1. The van der Waals surface area contributed by atoms with E-state index in [1.165, 1.54) is 11.6 Å². The average molecular weight is 687 g/mol. The zero-order valence-electron chi connectivity index (χ0n) is 22.8. The molecule has 1 aliphatic rings. The first-order valence-corrected chi connectivity index (χ1v) is 13.4. The van der Waals surface area contributed by atoms with Gasteiger partial charge in [0, 0.05) is 55.3 Å². The van der Waals surface area contributed by atoms with Gasteiger partial charge in [0.1, 0.15) is 5.75 Å². The van der Waals surface area contributed by atoms with Gasteiger partial charge in [0.05, 0.1) is 11.5 Å². The second-order valence-electron chi connectivity index (χ2n) is 9.72. The molecule has 0 bridgehead atoms. The summed E-state index contributed by atoms with van der Waals surface area (Å²) in [6.45, 7) is 10.2. The number of aliphatic hydroxyl groups is 1. The predicted molar refractivity (Wildman–Crippen MR) is 152 cm³/mol. The van der Waals surface area contributed by atoms with Crippen LogP contribution in [0, 0.1) is 24.8 Å². The van der Waals surface area contributed by atoms with Crippen molar-refractivity contribution in [3.8, 4) is 22.8 Å². The minimum Gasteiger partial charge on any atom is -0.512 e. The number of rotatable bonds is 7. The van der Waals surface area contributed by atoms with E-state index in [1.54, 1.807) is 0 Å². The SMILES string of the molecule is CCC(CC)C(=O)/C=C(\O)C(CC)CC.Cc1cc2c3c(nccc3c1)-c1[c-]c3ccccc3cc1O2.[Ir]. The molecule has 0 atom stereocenters. The molecule has 201 valence electrons. The molecule has 5 rings (SSSR count). The third-order valence-electron chi connectivity index (χ3n) is 7.26. The first-order valence-electron chi connectivity index (χ1n) is 13.4. The number of carbonyl (C=O) groups excluding carboxylic acids is 1. The van der Waals surface area contributed by atoms with Crippen molar-refractivity contribution >= 4 is 27.3 Å². The summed E-state index contributed by atoms with van der Waals surface area (Å²) in [4.78, 5) is 16.3. The molecule has 1 aromatic heterocycles. The fourth-order valence-electron chi connectivity index (χ4n) is 4.99. The molecule has 5 heteroatoms. The Kier molecular flexibility index (Phi) is 10.2. The summed E-state index contributed by atoms with van der Waals surface area (Å²) in [6, 6.07) is 20.0. The summed E-state index contributed by atoms with van der Waals surface area (Å²) < 4.78 is 6.17. The summed E-state index contributed by atoms with van der Waals surface area (Å²) in [5, 5.41) is 14.2. The second kappa shape index (κ2) is 13.2. The number of aromatic nitrogens is 1. The molecule has 0 saturated carbocycles. The number of nitrogens with zero attached hydrogens (tertiary/aromatic N) is 1. The first kappa shape index (κ1) is 29.5. The summed E-state index contributed by atoms with van der Waals surface area (Å²) in [5.74, 6) is 2.26. The van der Waals surface area contributed by atoms with Crippen molar-refractivity contribution in [2.45, 2.75) is 60.3 Å². The van der Waals surface area contributed by atoms with E-state index in [0.717, 1.165) is 70.0 Å². The zero-order valence-corrected chi connectivity index (χ0v) is 25.2. The molecule has 0 saturated heterocycles. The average Bonchev–Trinajstić information content (AvgIpc) is 2.89. The first-order chi connectivity index (χ1) is 17.9. The van der Waals surface area contributed by atoms with Crippen molar-refractivity contribution in [1.29, 1.82) is 0 Å². The van der Waals surface area contributed by atoms with Gasteiger partial charge in [0.25, 0.3) is 0 Å². The number of allylic oxidation sites excluding steroid dienone is 2. The monoisotopic (exact) mass is 687 g/mol. The number of benzene rings is 3. The number of aliphatic hydroxyl groups excluding tert-OH is 1. The van der Waals surface area contributed by atoms with Crippen LogP contribution in [0.3, 0.4) is 0 Å². The fourth-order valence-corrected chi connectivity index (χ4v) is 4.99. The van der Waals surface area contributed by atoms with Crippen molar-refractivity contribution in [1.82, 2.24) is 4.98 Å². The Morgan fingerprint density at radius 3 is 2.32 bits per heavy atom. The van der Waals surface area contributed by atoms with E-state index < -0.39 is 0 Å². The topological polar surface area (TPSA) is 59.4 Å². The van der Waals surface area contributed by atoms with Crippen molar-refractivity contribution in [3.05, 3.63) is 78.2 Å². The third-order valence-corrected chi connectivity index (χ3v) is 7.26. The zero-order chi connectivity index (χ0) is 26.5. The van der Waals surface area contributed by atoms with Crippen molar-refractivity contribution in [2.24, 2.45) is 11.8 Å². The van der Waals surface area contributed by atoms with E-state index in [4.69, 9.17) is 4.74 Å². The number of hydrogen-bond acceptors (Lipinski definition) is 4. The molecule has 1 radical (unpaired) electrons. The Bertz CT molecular complexity index is 1450. The summed E-state index contributed by atoms with van der Waals surface area (Å²) in [6.07, 6.45) is 6.77. The van der Waals surface area contributed by atoms with Gasteiger partial charge in [0.2, 0.25) is 0 Å². The van der Waals surface area contributed by atoms with Crippen LogP contribution in [0.4, 0.5) is 0 Å². The Labute approximate surface area is 239 Å². The molecule has 0 aliphatic carbocycles. The quantitative estimate of drug-likeness (QED) is 0.105. The van der Waals surface area contributed by atoms with E-state index >= 15 is 0 Å². The van der Waals surface area contributed by atoms with Gasteiger partial charge < -0.3 is 9.84 Å². The molecule has 1 aliphatic heterocycles. The van der Waals surface area contributed by atoms with Crippen LogP contribution in [0.2, 0.25) is 0 Å². The van der Waals surface area contributed by atoms with Crippen LogP contribution >= 0.6 is 0 Å². The van der Waals surface area contributed by atoms with Gasteiger partial charge in [-0.3, -0.25) is 9.78 Å². The van der Waals surface area contributed by atoms with Crippen LogP contribution < -0.4 is 4.74 Å². The Morgan fingerprint density at radius 2 is 1.63 bits per heavy atom. The Hall–Kier alpha value is -3.01. The maximum atomic E-state index is 11.7. The normalized spacial score (nSPS) is 12.0. The van der Waals surface area contributed by atoms with Gasteiger partial charge >= 0.3 is 0 Å². The van der Waals surface area contributed by atoms with E-state index in [0.29, 0.717) is 0 Å². The molecule has 0 spiro atoms. The van der Waals surface area contributed by atoms with E-state index in [2.05, 4.69) is 48.3 Å². The van der Waals surface area contributed by atoms with Gasteiger partial charge in [-0.1, -0.05) is 69.0 Å². The number of pyridine rings is 1. The summed E-state index contributed by atoms with van der Waals surface area (Å²) >= 11 is 0. The smallest absolute Gasteiger partial charge is 0.162 e. The van der Waals surface area contributed by atoms with Crippen molar-refractivity contribution in [3.63, 3.8) is 0 Å². The van der Waals surface area contributed by atoms with E-state index in [1.807, 2.05) is 52.1 Å². The van der Waals surface area contributed by atoms with E-state index in [-0.39, 0.29) is 43.5 Å².